The minimum atomic E-state index is -0.905. The van der Waals surface area contributed by atoms with E-state index in [2.05, 4.69) is 17.2 Å². The summed E-state index contributed by atoms with van der Waals surface area (Å²) < 4.78 is 5.29. The molecule has 0 saturated carbocycles. The first-order valence-electron chi connectivity index (χ1n) is 6.35. The van der Waals surface area contributed by atoms with Crippen molar-refractivity contribution in [3.63, 3.8) is 0 Å². The fourth-order valence-corrected chi connectivity index (χ4v) is 1.40. The van der Waals surface area contributed by atoms with E-state index < -0.39 is 11.9 Å². The van der Waals surface area contributed by atoms with Gasteiger partial charge in [0.25, 0.3) is 0 Å². The Hall–Kier alpha value is -1.56. The Labute approximate surface area is 114 Å². The molecule has 0 heterocycles. The molecule has 6 nitrogen and oxygen atoms in total. The number of hydrogen-bond donors (Lipinski definition) is 3. The second-order valence-corrected chi connectivity index (χ2v) is 4.71. The average Bonchev–Trinajstić information content (AvgIpc) is 2.33. The quantitative estimate of drug-likeness (QED) is 0.551. The molecule has 0 fully saturated rings. The Kier molecular flexibility index (Phi) is 8.61. The lowest BCUT2D eigenvalue weighted by atomic mass is 9.96. The van der Waals surface area contributed by atoms with Crippen LogP contribution in [-0.4, -0.2) is 42.9 Å². The second-order valence-electron chi connectivity index (χ2n) is 4.71. The largest absolute Gasteiger partial charge is 0.481 e. The zero-order valence-electron chi connectivity index (χ0n) is 11.8. The number of rotatable bonds is 9. The zero-order valence-corrected chi connectivity index (χ0v) is 11.8. The molecule has 2 atom stereocenters. The number of ether oxygens (including phenoxy) is 1. The normalized spacial score (nSPS) is 13.7. The van der Waals surface area contributed by atoms with Gasteiger partial charge in [0.15, 0.2) is 0 Å². The molecule has 19 heavy (non-hydrogen) atoms. The molecule has 3 N–H and O–H groups in total. The molecule has 0 rings (SSSR count). The smallest absolute Gasteiger partial charge is 0.314 e. The molecule has 0 spiro atoms. The van der Waals surface area contributed by atoms with Crippen molar-refractivity contribution in [3.05, 3.63) is 12.7 Å². The van der Waals surface area contributed by atoms with Crippen molar-refractivity contribution in [1.82, 2.24) is 10.6 Å². The molecule has 0 saturated heterocycles. The van der Waals surface area contributed by atoms with Gasteiger partial charge in [0.2, 0.25) is 0 Å². The Balaban J connectivity index is 3.91. The van der Waals surface area contributed by atoms with Gasteiger partial charge >= 0.3 is 12.0 Å². The van der Waals surface area contributed by atoms with Crippen molar-refractivity contribution in [2.75, 3.05) is 19.7 Å². The number of urea groups is 1. The third kappa shape index (κ3) is 8.20. The number of carbonyl (C=O) groups excluding carboxylic acids is 1. The van der Waals surface area contributed by atoms with E-state index in [0.29, 0.717) is 13.2 Å². The summed E-state index contributed by atoms with van der Waals surface area (Å²) in [5.74, 6) is -1.52. The van der Waals surface area contributed by atoms with Gasteiger partial charge in [-0.1, -0.05) is 19.9 Å². The highest BCUT2D eigenvalue weighted by atomic mass is 16.5. The van der Waals surface area contributed by atoms with Gasteiger partial charge in [0, 0.05) is 13.1 Å². The van der Waals surface area contributed by atoms with Gasteiger partial charge in [-0.15, -0.1) is 6.58 Å². The highest BCUT2D eigenvalue weighted by Gasteiger charge is 2.21. The van der Waals surface area contributed by atoms with E-state index in [9.17, 15) is 9.59 Å². The predicted octanol–water partition coefficient (Wildman–Crippen LogP) is 1.23. The van der Waals surface area contributed by atoms with Crippen LogP contribution in [-0.2, 0) is 9.53 Å². The number of carboxylic acid groups (broad SMARTS) is 1. The van der Waals surface area contributed by atoms with E-state index in [4.69, 9.17) is 9.84 Å². The summed E-state index contributed by atoms with van der Waals surface area (Å²) >= 11 is 0. The van der Waals surface area contributed by atoms with Crippen molar-refractivity contribution in [1.29, 1.82) is 0 Å². The van der Waals surface area contributed by atoms with E-state index in [-0.39, 0.29) is 24.6 Å². The molecule has 0 bridgehead atoms. The van der Waals surface area contributed by atoms with Crippen LogP contribution in [0.3, 0.4) is 0 Å². The topological polar surface area (TPSA) is 87.7 Å². The van der Waals surface area contributed by atoms with Crippen LogP contribution in [0.25, 0.3) is 0 Å². The minimum Gasteiger partial charge on any atom is -0.481 e. The number of hydrogen-bond acceptors (Lipinski definition) is 3. The van der Waals surface area contributed by atoms with Crippen LogP contribution < -0.4 is 10.6 Å². The summed E-state index contributed by atoms with van der Waals surface area (Å²) in [7, 11) is 0. The molecule has 2 amide bonds. The van der Waals surface area contributed by atoms with E-state index in [0.717, 1.165) is 0 Å². The van der Waals surface area contributed by atoms with Crippen LogP contribution in [0.15, 0.2) is 12.7 Å². The van der Waals surface area contributed by atoms with Crippen LogP contribution in [0, 0.1) is 11.8 Å². The summed E-state index contributed by atoms with van der Waals surface area (Å²) in [6.45, 7) is 9.88. The van der Waals surface area contributed by atoms with Gasteiger partial charge in [0.1, 0.15) is 0 Å². The fraction of sp³-hybridized carbons (Fsp3) is 0.692. The van der Waals surface area contributed by atoms with E-state index in [1.807, 2.05) is 20.8 Å². The first-order valence-corrected chi connectivity index (χ1v) is 6.35. The maximum Gasteiger partial charge on any atom is 0.314 e. The van der Waals surface area contributed by atoms with Gasteiger partial charge < -0.3 is 20.5 Å². The lowest BCUT2D eigenvalue weighted by molar-refractivity contribution is -0.142. The first kappa shape index (κ1) is 17.4. The monoisotopic (exact) mass is 272 g/mol. The third-order valence-corrected chi connectivity index (χ3v) is 2.65. The summed E-state index contributed by atoms with van der Waals surface area (Å²) in [6.07, 6.45) is 1.51. The molecule has 110 valence electrons. The standard InChI is InChI=1S/C13H24N2O4/c1-5-6-19-10(4)7-14-13(18)15-8-11(9(2)3)12(16)17/h5,9-11H,1,6-8H2,2-4H3,(H,16,17)(H2,14,15,18). The molecule has 0 aliphatic rings. The molecule has 0 aromatic heterocycles. The van der Waals surface area contributed by atoms with Crippen LogP contribution in [0.2, 0.25) is 0 Å². The molecule has 2 unspecified atom stereocenters. The fourth-order valence-electron chi connectivity index (χ4n) is 1.40. The second kappa shape index (κ2) is 9.38. The molecule has 0 aliphatic heterocycles. The van der Waals surface area contributed by atoms with E-state index >= 15 is 0 Å². The summed E-state index contributed by atoms with van der Waals surface area (Å²) in [6, 6.07) is -0.388. The van der Waals surface area contributed by atoms with Gasteiger partial charge in [-0.3, -0.25) is 4.79 Å². The molecule has 6 heteroatoms. The maximum atomic E-state index is 11.5. The third-order valence-electron chi connectivity index (χ3n) is 2.65. The summed E-state index contributed by atoms with van der Waals surface area (Å²) in [5, 5.41) is 14.1. The van der Waals surface area contributed by atoms with Crippen LogP contribution in [0.4, 0.5) is 4.79 Å². The lowest BCUT2D eigenvalue weighted by Crippen LogP contribution is -2.43. The van der Waals surface area contributed by atoms with Crippen molar-refractivity contribution < 1.29 is 19.4 Å². The molecular weight excluding hydrogens is 248 g/mol. The number of amides is 2. The Morgan fingerprint density at radius 1 is 1.26 bits per heavy atom. The Bertz CT molecular complexity index is 305. The lowest BCUT2D eigenvalue weighted by Gasteiger charge is -2.18. The van der Waals surface area contributed by atoms with Gasteiger partial charge in [-0.2, -0.15) is 0 Å². The molecular formula is C13H24N2O4. The number of carbonyl (C=O) groups is 2. The minimum absolute atomic E-state index is 0.0346. The number of aliphatic carboxylic acids is 1. The molecule has 0 aromatic rings. The molecule has 0 aliphatic carbocycles. The van der Waals surface area contributed by atoms with Crippen LogP contribution in [0.1, 0.15) is 20.8 Å². The highest BCUT2D eigenvalue weighted by molar-refractivity contribution is 5.75. The Morgan fingerprint density at radius 3 is 2.32 bits per heavy atom. The van der Waals surface area contributed by atoms with Gasteiger partial charge in [0.05, 0.1) is 18.6 Å². The predicted molar refractivity (Wildman–Crippen MR) is 73.0 cm³/mol. The number of carboxylic acids is 1. The Morgan fingerprint density at radius 2 is 1.84 bits per heavy atom. The van der Waals surface area contributed by atoms with E-state index in [1.54, 1.807) is 6.08 Å². The maximum absolute atomic E-state index is 11.5. The van der Waals surface area contributed by atoms with Crippen LogP contribution in [0.5, 0.6) is 0 Å². The summed E-state index contributed by atoms with van der Waals surface area (Å²) in [5.41, 5.74) is 0. The van der Waals surface area contributed by atoms with Crippen molar-refractivity contribution in [2.45, 2.75) is 26.9 Å². The molecule has 0 radical (unpaired) electrons. The zero-order chi connectivity index (χ0) is 14.8. The van der Waals surface area contributed by atoms with Gasteiger partial charge in [-0.25, -0.2) is 4.79 Å². The van der Waals surface area contributed by atoms with Crippen LogP contribution >= 0.6 is 0 Å². The van der Waals surface area contributed by atoms with Crippen molar-refractivity contribution in [2.24, 2.45) is 11.8 Å². The highest BCUT2D eigenvalue weighted by Crippen LogP contribution is 2.09. The van der Waals surface area contributed by atoms with Gasteiger partial charge in [-0.05, 0) is 12.8 Å². The van der Waals surface area contributed by atoms with Crippen molar-refractivity contribution >= 4 is 12.0 Å². The van der Waals surface area contributed by atoms with E-state index in [1.165, 1.54) is 0 Å². The number of nitrogens with one attached hydrogen (secondary N) is 2. The first-order chi connectivity index (χ1) is 8.88. The SMILES string of the molecule is C=CCOC(C)CNC(=O)NCC(C(=O)O)C(C)C. The average molecular weight is 272 g/mol. The summed E-state index contributed by atoms with van der Waals surface area (Å²) in [4.78, 5) is 22.4. The molecule has 0 aromatic carbocycles. The van der Waals surface area contributed by atoms with Crippen molar-refractivity contribution in [3.8, 4) is 0 Å².